The number of amides is 1. The van der Waals surface area contributed by atoms with Gasteiger partial charge in [-0.2, -0.15) is 0 Å². The van der Waals surface area contributed by atoms with Crippen molar-refractivity contribution in [1.82, 2.24) is 0 Å². The molecular weight excluding hydrogens is 396 g/mol. The number of ether oxygens (including phenoxy) is 2. The molecule has 0 radical (unpaired) electrons. The van der Waals surface area contributed by atoms with Gasteiger partial charge in [-0.15, -0.1) is 6.58 Å². The van der Waals surface area contributed by atoms with Gasteiger partial charge < -0.3 is 9.47 Å². The zero-order valence-electron chi connectivity index (χ0n) is 15.5. The number of amidine groups is 1. The van der Waals surface area contributed by atoms with Crippen molar-refractivity contribution in [2.75, 3.05) is 24.9 Å². The van der Waals surface area contributed by atoms with Gasteiger partial charge in [-0.1, -0.05) is 41.6 Å². The predicted molar refractivity (Wildman–Crippen MR) is 117 cm³/mol. The lowest BCUT2D eigenvalue weighted by Gasteiger charge is -2.18. The Hall–Kier alpha value is -2.70. The lowest BCUT2D eigenvalue weighted by Crippen LogP contribution is -2.30. The Morgan fingerprint density at radius 1 is 1.18 bits per heavy atom. The minimum Gasteiger partial charge on any atom is -0.497 e. The molecule has 0 unspecified atom stereocenters. The third-order valence-corrected chi connectivity index (χ3v) is 5.20. The molecule has 0 saturated carbocycles. The highest BCUT2D eigenvalue weighted by Gasteiger charge is 2.32. The molecule has 144 valence electrons. The van der Waals surface area contributed by atoms with E-state index >= 15 is 0 Å². The van der Waals surface area contributed by atoms with Crippen LogP contribution in [0.4, 0.5) is 5.69 Å². The van der Waals surface area contributed by atoms with E-state index in [-0.39, 0.29) is 5.91 Å². The smallest absolute Gasteiger partial charge is 0.283 e. The lowest BCUT2D eigenvalue weighted by molar-refractivity contribution is -0.113. The molecule has 0 atom stereocenters. The van der Waals surface area contributed by atoms with Gasteiger partial charge in [-0.25, -0.2) is 4.99 Å². The highest BCUT2D eigenvalue weighted by Crippen LogP contribution is 2.34. The number of thioether (sulfide) groups is 1. The van der Waals surface area contributed by atoms with Crippen molar-refractivity contribution in [3.05, 3.63) is 71.4 Å². The van der Waals surface area contributed by atoms with E-state index in [1.54, 1.807) is 49.5 Å². The third kappa shape index (κ3) is 4.24. The molecule has 28 heavy (non-hydrogen) atoms. The number of nitrogens with zero attached hydrogens (tertiary/aromatic N) is 2. The second-order valence-corrected chi connectivity index (χ2v) is 7.15. The first kappa shape index (κ1) is 20.0. The summed E-state index contributed by atoms with van der Waals surface area (Å²) < 4.78 is 10.4. The van der Waals surface area contributed by atoms with Crippen molar-refractivity contribution in [3.8, 4) is 11.5 Å². The maximum Gasteiger partial charge on any atom is 0.283 e. The zero-order valence-corrected chi connectivity index (χ0v) is 17.1. The van der Waals surface area contributed by atoms with Gasteiger partial charge in [0.25, 0.3) is 5.91 Å². The molecule has 2 aromatic rings. The van der Waals surface area contributed by atoms with Crippen molar-refractivity contribution < 1.29 is 14.3 Å². The van der Waals surface area contributed by atoms with Crippen LogP contribution in [0.2, 0.25) is 5.02 Å². The molecule has 0 N–H and O–H groups in total. The van der Waals surface area contributed by atoms with Gasteiger partial charge in [-0.05, 0) is 42.0 Å². The summed E-state index contributed by atoms with van der Waals surface area (Å²) in [4.78, 5) is 19.2. The Balaban J connectivity index is 1.96. The van der Waals surface area contributed by atoms with Gasteiger partial charge in [0.15, 0.2) is 5.17 Å². The van der Waals surface area contributed by atoms with E-state index in [4.69, 9.17) is 21.1 Å². The summed E-state index contributed by atoms with van der Waals surface area (Å²) in [6.07, 6.45) is 3.52. The summed E-state index contributed by atoms with van der Waals surface area (Å²) in [6.45, 7) is 3.73. The highest BCUT2D eigenvalue weighted by molar-refractivity contribution is 8.14. The lowest BCUT2D eigenvalue weighted by atomic mass is 10.2. The number of rotatable bonds is 6. The van der Waals surface area contributed by atoms with Crippen LogP contribution in [-0.4, -0.2) is 31.0 Å². The minimum absolute atomic E-state index is 0.219. The number of carbonyl (C=O) groups excluding carboxylic acids is 1. The predicted octanol–water partition coefficient (Wildman–Crippen LogP) is 5.02. The maximum absolute atomic E-state index is 13.1. The second-order valence-electron chi connectivity index (χ2n) is 5.76. The summed E-state index contributed by atoms with van der Waals surface area (Å²) >= 11 is 7.68. The monoisotopic (exact) mass is 414 g/mol. The van der Waals surface area contributed by atoms with Crippen molar-refractivity contribution in [2.45, 2.75) is 0 Å². The molecule has 2 aromatic carbocycles. The van der Waals surface area contributed by atoms with Crippen molar-refractivity contribution in [1.29, 1.82) is 0 Å². The third-order valence-electron chi connectivity index (χ3n) is 3.97. The quantitative estimate of drug-likeness (QED) is 0.492. The Morgan fingerprint density at radius 3 is 2.54 bits per heavy atom. The van der Waals surface area contributed by atoms with E-state index < -0.39 is 0 Å². The molecule has 7 heteroatoms. The van der Waals surface area contributed by atoms with Crippen LogP contribution in [0.25, 0.3) is 6.08 Å². The number of carbonyl (C=O) groups is 1. The molecule has 3 rings (SSSR count). The van der Waals surface area contributed by atoms with Gasteiger partial charge in [-0.3, -0.25) is 9.69 Å². The summed E-state index contributed by atoms with van der Waals surface area (Å²) in [5, 5.41) is 0.999. The first-order valence-electron chi connectivity index (χ1n) is 8.43. The van der Waals surface area contributed by atoms with E-state index in [9.17, 15) is 4.79 Å². The molecule has 1 heterocycles. The largest absolute Gasteiger partial charge is 0.497 e. The molecule has 0 spiro atoms. The SMILES string of the molecule is C=CCSC1=N/C(=C\c2ccc(OC)cc2)C(=O)N1c1ccc(OC)c(Cl)c1. The topological polar surface area (TPSA) is 51.1 Å². The van der Waals surface area contributed by atoms with Crippen molar-refractivity contribution in [2.24, 2.45) is 4.99 Å². The van der Waals surface area contributed by atoms with E-state index in [2.05, 4.69) is 11.6 Å². The standard InChI is InChI=1S/C21H19ClN2O3S/c1-4-11-28-21-23-18(12-14-5-8-16(26-2)9-6-14)20(25)24(21)15-7-10-19(27-3)17(22)13-15/h4-10,12-13H,1,11H2,2-3H3/b18-12-. The molecule has 5 nitrogen and oxygen atoms in total. The van der Waals surface area contributed by atoms with E-state index in [0.717, 1.165) is 11.3 Å². The first-order chi connectivity index (χ1) is 13.6. The number of hydrogen-bond acceptors (Lipinski definition) is 5. The van der Waals surface area contributed by atoms with Crippen LogP contribution >= 0.6 is 23.4 Å². The number of methoxy groups -OCH3 is 2. The van der Waals surface area contributed by atoms with E-state index in [1.807, 2.05) is 24.3 Å². The molecule has 1 aliphatic rings. The molecule has 0 saturated heterocycles. The van der Waals surface area contributed by atoms with Crippen LogP contribution in [0.5, 0.6) is 11.5 Å². The number of halogens is 1. The Morgan fingerprint density at radius 2 is 1.93 bits per heavy atom. The number of hydrogen-bond donors (Lipinski definition) is 0. The van der Waals surface area contributed by atoms with Crippen LogP contribution in [0.15, 0.2) is 65.8 Å². The fourth-order valence-electron chi connectivity index (χ4n) is 2.61. The molecule has 0 bridgehead atoms. The summed E-state index contributed by atoms with van der Waals surface area (Å²) in [7, 11) is 3.16. The molecular formula is C21H19ClN2O3S. The summed E-state index contributed by atoms with van der Waals surface area (Å²) in [5.41, 5.74) is 1.84. The van der Waals surface area contributed by atoms with Crippen LogP contribution in [0.1, 0.15) is 5.56 Å². The fraction of sp³-hybridized carbons (Fsp3) is 0.143. The van der Waals surface area contributed by atoms with E-state index in [1.165, 1.54) is 11.8 Å². The van der Waals surface area contributed by atoms with Gasteiger partial charge in [0.2, 0.25) is 0 Å². The van der Waals surface area contributed by atoms with Crippen molar-refractivity contribution in [3.63, 3.8) is 0 Å². The zero-order chi connectivity index (χ0) is 20.1. The van der Waals surface area contributed by atoms with Crippen LogP contribution in [-0.2, 0) is 4.79 Å². The summed E-state index contributed by atoms with van der Waals surface area (Å²) in [5.74, 6) is 1.70. The fourth-order valence-corrected chi connectivity index (χ4v) is 3.61. The average Bonchev–Trinajstić information content (AvgIpc) is 3.02. The Bertz CT molecular complexity index is 955. The Labute approximate surface area is 173 Å². The van der Waals surface area contributed by atoms with Crippen LogP contribution < -0.4 is 14.4 Å². The average molecular weight is 415 g/mol. The van der Waals surface area contributed by atoms with Gasteiger partial charge in [0, 0.05) is 5.75 Å². The number of anilines is 1. The van der Waals surface area contributed by atoms with Crippen LogP contribution in [0.3, 0.4) is 0 Å². The molecule has 1 aliphatic heterocycles. The second kappa shape index (κ2) is 8.99. The number of benzene rings is 2. The van der Waals surface area contributed by atoms with Gasteiger partial charge in [0.1, 0.15) is 17.2 Å². The normalized spacial score (nSPS) is 15.0. The molecule has 0 aliphatic carbocycles. The maximum atomic E-state index is 13.1. The Kier molecular flexibility index (Phi) is 6.44. The van der Waals surface area contributed by atoms with Gasteiger partial charge in [0.05, 0.1) is 24.9 Å². The minimum atomic E-state index is -0.219. The highest BCUT2D eigenvalue weighted by atomic mass is 35.5. The summed E-state index contributed by atoms with van der Waals surface area (Å²) in [6, 6.07) is 12.6. The molecule has 0 fully saturated rings. The van der Waals surface area contributed by atoms with Crippen LogP contribution in [0, 0.1) is 0 Å². The molecule has 0 aromatic heterocycles. The first-order valence-corrected chi connectivity index (χ1v) is 9.80. The molecule has 1 amide bonds. The number of aliphatic imine (C=N–C) groups is 1. The van der Waals surface area contributed by atoms with Crippen molar-refractivity contribution >= 4 is 46.2 Å². The van der Waals surface area contributed by atoms with Gasteiger partial charge >= 0.3 is 0 Å². The van der Waals surface area contributed by atoms with E-state index in [0.29, 0.717) is 33.1 Å².